The van der Waals surface area contributed by atoms with Crippen molar-refractivity contribution in [3.63, 3.8) is 0 Å². The van der Waals surface area contributed by atoms with Gasteiger partial charge in [-0.2, -0.15) is 0 Å². The summed E-state index contributed by atoms with van der Waals surface area (Å²) >= 11 is 0. The molecule has 0 saturated carbocycles. The summed E-state index contributed by atoms with van der Waals surface area (Å²) in [6.45, 7) is 9.39. The van der Waals surface area contributed by atoms with E-state index in [4.69, 9.17) is 9.47 Å². The minimum absolute atomic E-state index is 0.0269. The van der Waals surface area contributed by atoms with Gasteiger partial charge < -0.3 is 29.9 Å². The van der Waals surface area contributed by atoms with Gasteiger partial charge in [0.05, 0.1) is 25.4 Å². The number of benzene rings is 4. The fraction of sp³-hybridized carbons (Fsp3) is 0.478. The van der Waals surface area contributed by atoms with E-state index in [2.05, 4.69) is 60.0 Å². The number of aliphatic hydroxyl groups excluding tert-OH is 2. The summed E-state index contributed by atoms with van der Waals surface area (Å²) in [6, 6.07) is 30.9. The van der Waals surface area contributed by atoms with Gasteiger partial charge >= 0.3 is 0 Å². The molecule has 0 amide bonds. The Morgan fingerprint density at radius 3 is 1.30 bits per heavy atom. The summed E-state index contributed by atoms with van der Waals surface area (Å²) in [5.74, 6) is 3.52. The topological polar surface area (TPSA) is 106 Å². The molecule has 4 atom stereocenters. The Morgan fingerprint density at radius 2 is 0.926 bits per heavy atom. The summed E-state index contributed by atoms with van der Waals surface area (Å²) in [6.07, 6.45) is 7.21. The molecule has 0 unspecified atom stereocenters. The van der Waals surface area contributed by atoms with Crippen LogP contribution in [0.15, 0.2) is 97.1 Å². The molecule has 8 heteroatoms. The molecule has 290 valence electrons. The maximum Gasteiger partial charge on any atom is 0.119 e. The zero-order chi connectivity index (χ0) is 37.9. The van der Waals surface area contributed by atoms with Crippen LogP contribution in [-0.2, 0) is 12.8 Å². The van der Waals surface area contributed by atoms with Crippen LogP contribution < -0.4 is 9.47 Å². The predicted octanol–water partition coefficient (Wildman–Crippen LogP) is 8.09. The minimum atomic E-state index is -0.573. The van der Waals surface area contributed by atoms with Crippen molar-refractivity contribution in [3.8, 4) is 23.0 Å². The third-order valence-electron chi connectivity index (χ3n) is 11.8. The van der Waals surface area contributed by atoms with Crippen molar-refractivity contribution in [2.24, 2.45) is 11.8 Å². The van der Waals surface area contributed by atoms with E-state index in [1.165, 1.54) is 11.1 Å². The van der Waals surface area contributed by atoms with Crippen molar-refractivity contribution in [1.82, 2.24) is 9.80 Å². The van der Waals surface area contributed by atoms with E-state index in [9.17, 15) is 20.4 Å². The number of phenols is 2. The Hall–Kier alpha value is -4.08. The lowest BCUT2D eigenvalue weighted by Crippen LogP contribution is -2.43. The largest absolute Gasteiger partial charge is 0.508 e. The standard InChI is InChI=1S/C46H60N2O6/c1-33(45(51)39-11-15-41(49)16-12-39)47-23-19-35(20-24-47)29-37-7-5-9-43(31-37)53-27-3-4-28-54-44-10-6-8-38(32-44)30-36-21-25-48(26-22-36)34(2)46(52)40-13-17-42(50)18-14-40/h5-18,31-36,45-46,49-52H,3-4,19-30H2,1-2H3/t33-,34-,45-,46-/m1/s1. The maximum atomic E-state index is 10.9. The molecule has 0 aliphatic carbocycles. The monoisotopic (exact) mass is 736 g/mol. The average Bonchev–Trinajstić information content (AvgIpc) is 3.19. The number of nitrogens with zero attached hydrogens (tertiary/aromatic N) is 2. The van der Waals surface area contributed by atoms with Gasteiger partial charge in [0, 0.05) is 12.1 Å². The summed E-state index contributed by atoms with van der Waals surface area (Å²) in [5.41, 5.74) is 4.31. The van der Waals surface area contributed by atoms with E-state index in [1.54, 1.807) is 48.5 Å². The first-order valence-electron chi connectivity index (χ1n) is 20.1. The van der Waals surface area contributed by atoms with E-state index < -0.39 is 12.2 Å². The first-order valence-corrected chi connectivity index (χ1v) is 20.1. The molecule has 0 bridgehead atoms. The quantitative estimate of drug-likeness (QED) is 0.0807. The number of ether oxygens (including phenoxy) is 2. The van der Waals surface area contributed by atoms with Gasteiger partial charge in [-0.05, 0) is 174 Å². The number of hydrogen-bond donors (Lipinski definition) is 4. The summed E-state index contributed by atoms with van der Waals surface area (Å²) in [7, 11) is 0. The average molecular weight is 737 g/mol. The molecule has 0 radical (unpaired) electrons. The van der Waals surface area contributed by atoms with Crippen molar-refractivity contribution >= 4 is 0 Å². The normalized spacial score (nSPS) is 18.5. The highest BCUT2D eigenvalue weighted by molar-refractivity contribution is 5.31. The molecule has 2 fully saturated rings. The Kier molecular flexibility index (Phi) is 14.3. The first-order chi connectivity index (χ1) is 26.2. The number of likely N-dealkylation sites (tertiary alicyclic amines) is 2. The lowest BCUT2D eigenvalue weighted by Gasteiger charge is -2.38. The number of hydrogen-bond acceptors (Lipinski definition) is 8. The second-order valence-electron chi connectivity index (χ2n) is 15.6. The zero-order valence-electron chi connectivity index (χ0n) is 32.1. The molecule has 6 rings (SSSR count). The maximum absolute atomic E-state index is 10.9. The third-order valence-corrected chi connectivity index (χ3v) is 11.8. The van der Waals surface area contributed by atoms with Gasteiger partial charge in [-0.1, -0.05) is 48.5 Å². The highest BCUT2D eigenvalue weighted by Crippen LogP contribution is 2.31. The summed E-state index contributed by atoms with van der Waals surface area (Å²) in [5, 5.41) is 41.0. The second-order valence-corrected chi connectivity index (χ2v) is 15.6. The zero-order valence-corrected chi connectivity index (χ0v) is 32.1. The molecule has 4 aromatic rings. The van der Waals surface area contributed by atoms with Gasteiger partial charge in [0.25, 0.3) is 0 Å². The molecule has 2 saturated heterocycles. The first kappa shape index (κ1) is 39.6. The van der Waals surface area contributed by atoms with Gasteiger partial charge in [-0.3, -0.25) is 9.80 Å². The molecule has 0 aromatic heterocycles. The SMILES string of the molecule is C[C@H]([C@@H](O)c1ccc(O)cc1)N1CCC(Cc2cccc(OCCCCOc3cccc(CC4CCN([C@H](C)[C@@H](O)c5ccc(O)cc5)CC4)c3)c2)CC1. The Morgan fingerprint density at radius 1 is 0.556 bits per heavy atom. The van der Waals surface area contributed by atoms with E-state index in [-0.39, 0.29) is 23.6 Å². The van der Waals surface area contributed by atoms with Crippen LogP contribution in [-0.4, -0.2) is 81.7 Å². The number of piperidine rings is 2. The van der Waals surface area contributed by atoms with Crippen molar-refractivity contribution in [3.05, 3.63) is 119 Å². The Labute approximate surface area is 322 Å². The number of aromatic hydroxyl groups is 2. The van der Waals surface area contributed by atoms with Crippen LogP contribution in [0.3, 0.4) is 0 Å². The molecule has 54 heavy (non-hydrogen) atoms. The lowest BCUT2D eigenvalue weighted by atomic mass is 9.89. The van der Waals surface area contributed by atoms with Crippen LogP contribution in [0.1, 0.15) is 86.8 Å². The molecule has 0 spiro atoms. The molecule has 4 aromatic carbocycles. The van der Waals surface area contributed by atoms with Gasteiger partial charge in [0.2, 0.25) is 0 Å². The summed E-state index contributed by atoms with van der Waals surface area (Å²) in [4.78, 5) is 4.77. The Bertz CT molecular complexity index is 1570. The highest BCUT2D eigenvalue weighted by atomic mass is 16.5. The van der Waals surface area contributed by atoms with Crippen LogP contribution in [0.2, 0.25) is 0 Å². The molecule has 4 N–H and O–H groups in total. The van der Waals surface area contributed by atoms with Crippen LogP contribution >= 0.6 is 0 Å². The van der Waals surface area contributed by atoms with Crippen molar-refractivity contribution in [1.29, 1.82) is 0 Å². The fourth-order valence-corrected chi connectivity index (χ4v) is 8.20. The fourth-order valence-electron chi connectivity index (χ4n) is 8.20. The molecular formula is C46H60N2O6. The molecule has 2 heterocycles. The molecule has 2 aliphatic rings. The number of phenolic OH excluding ortho intramolecular Hbond substituents is 2. The van der Waals surface area contributed by atoms with Crippen LogP contribution in [0.25, 0.3) is 0 Å². The van der Waals surface area contributed by atoms with Crippen LogP contribution in [0, 0.1) is 11.8 Å². The smallest absolute Gasteiger partial charge is 0.119 e. The lowest BCUT2D eigenvalue weighted by molar-refractivity contribution is 0.0373. The minimum Gasteiger partial charge on any atom is -0.508 e. The van der Waals surface area contributed by atoms with Crippen LogP contribution in [0.5, 0.6) is 23.0 Å². The van der Waals surface area contributed by atoms with Crippen LogP contribution in [0.4, 0.5) is 0 Å². The number of rotatable bonds is 17. The van der Waals surface area contributed by atoms with Crippen molar-refractivity contribution in [2.45, 2.75) is 89.5 Å². The van der Waals surface area contributed by atoms with E-state index >= 15 is 0 Å². The van der Waals surface area contributed by atoms with E-state index in [1.807, 2.05) is 12.1 Å². The van der Waals surface area contributed by atoms with E-state index in [0.717, 1.165) is 100 Å². The van der Waals surface area contributed by atoms with Gasteiger partial charge in [-0.25, -0.2) is 0 Å². The predicted molar refractivity (Wildman–Crippen MR) is 214 cm³/mol. The Balaban J connectivity index is 0.848. The van der Waals surface area contributed by atoms with E-state index in [0.29, 0.717) is 25.0 Å². The highest BCUT2D eigenvalue weighted by Gasteiger charge is 2.29. The van der Waals surface area contributed by atoms with Crippen molar-refractivity contribution < 1.29 is 29.9 Å². The number of unbranched alkanes of at least 4 members (excludes halogenated alkanes) is 1. The summed E-state index contributed by atoms with van der Waals surface area (Å²) < 4.78 is 12.3. The molecule has 8 nitrogen and oxygen atoms in total. The second kappa shape index (κ2) is 19.5. The van der Waals surface area contributed by atoms with Gasteiger partial charge in [0.1, 0.15) is 23.0 Å². The van der Waals surface area contributed by atoms with Crippen molar-refractivity contribution in [2.75, 3.05) is 39.4 Å². The van der Waals surface area contributed by atoms with Gasteiger partial charge in [0.15, 0.2) is 0 Å². The molecule has 2 aliphatic heterocycles. The van der Waals surface area contributed by atoms with Gasteiger partial charge in [-0.15, -0.1) is 0 Å². The number of aliphatic hydroxyl groups is 2. The molecular weight excluding hydrogens is 677 g/mol. The third kappa shape index (κ3) is 11.2.